The van der Waals surface area contributed by atoms with Gasteiger partial charge in [-0.25, -0.2) is 4.39 Å². The summed E-state index contributed by atoms with van der Waals surface area (Å²) in [5.74, 6) is -0.264. The van der Waals surface area contributed by atoms with Gasteiger partial charge in [0, 0.05) is 36.3 Å². The minimum atomic E-state index is -0.264. The lowest BCUT2D eigenvalue weighted by Gasteiger charge is -2.35. The van der Waals surface area contributed by atoms with E-state index in [2.05, 4.69) is 4.90 Å². The van der Waals surface area contributed by atoms with Crippen LogP contribution in [0.5, 0.6) is 0 Å². The fourth-order valence-corrected chi connectivity index (χ4v) is 2.22. The lowest BCUT2D eigenvalue weighted by Crippen LogP contribution is -2.48. The van der Waals surface area contributed by atoms with Crippen LogP contribution < -0.4 is 5.73 Å². The van der Waals surface area contributed by atoms with Gasteiger partial charge in [0.1, 0.15) is 5.82 Å². The van der Waals surface area contributed by atoms with Crippen LogP contribution in [-0.2, 0) is 11.3 Å². The van der Waals surface area contributed by atoms with Gasteiger partial charge in [0.25, 0.3) is 0 Å². The fourth-order valence-electron chi connectivity index (χ4n) is 2.00. The number of hydrogen-bond acceptors (Lipinski definition) is 3. The Bertz CT molecular complexity index is 369. The van der Waals surface area contributed by atoms with Gasteiger partial charge in [-0.2, -0.15) is 0 Å². The van der Waals surface area contributed by atoms with Crippen molar-refractivity contribution in [2.45, 2.75) is 12.6 Å². The largest absolute Gasteiger partial charge is 0.378 e. The first-order valence-electron chi connectivity index (χ1n) is 5.67. The van der Waals surface area contributed by atoms with Crippen molar-refractivity contribution >= 4 is 11.6 Å². The second-order valence-corrected chi connectivity index (χ2v) is 4.54. The molecular weight excluding hydrogens is 243 g/mol. The first kappa shape index (κ1) is 12.8. The first-order chi connectivity index (χ1) is 8.22. The van der Waals surface area contributed by atoms with E-state index in [-0.39, 0.29) is 11.9 Å². The molecular formula is C12H16ClFN2O. The highest BCUT2D eigenvalue weighted by molar-refractivity contribution is 6.31. The molecule has 1 aromatic rings. The molecule has 0 aromatic heterocycles. The SMILES string of the molecule is NCC1COCCN1Cc1c(F)cccc1Cl. The zero-order valence-electron chi connectivity index (χ0n) is 9.53. The van der Waals surface area contributed by atoms with E-state index in [9.17, 15) is 4.39 Å². The van der Waals surface area contributed by atoms with Gasteiger partial charge in [-0.1, -0.05) is 17.7 Å². The molecule has 3 nitrogen and oxygen atoms in total. The normalized spacial score (nSPS) is 21.7. The third-order valence-electron chi connectivity index (χ3n) is 3.04. The molecule has 1 unspecified atom stereocenters. The highest BCUT2D eigenvalue weighted by atomic mass is 35.5. The third kappa shape index (κ3) is 2.96. The Kier molecular flexibility index (Phi) is 4.34. The maximum atomic E-state index is 13.7. The molecule has 0 saturated carbocycles. The van der Waals surface area contributed by atoms with Crippen molar-refractivity contribution in [2.75, 3.05) is 26.3 Å². The molecule has 1 heterocycles. The summed E-state index contributed by atoms with van der Waals surface area (Å²) in [6.07, 6.45) is 0. The van der Waals surface area contributed by atoms with Crippen molar-refractivity contribution in [1.82, 2.24) is 4.90 Å². The van der Waals surface area contributed by atoms with Gasteiger partial charge in [0.2, 0.25) is 0 Å². The van der Waals surface area contributed by atoms with Crippen LogP contribution in [0.15, 0.2) is 18.2 Å². The molecule has 1 aromatic carbocycles. The molecule has 1 atom stereocenters. The Morgan fingerprint density at radius 2 is 2.35 bits per heavy atom. The number of nitrogens with zero attached hydrogens (tertiary/aromatic N) is 1. The van der Waals surface area contributed by atoms with Gasteiger partial charge in [-0.05, 0) is 12.1 Å². The summed E-state index contributed by atoms with van der Waals surface area (Å²) in [5.41, 5.74) is 6.21. The van der Waals surface area contributed by atoms with Gasteiger partial charge in [0.15, 0.2) is 0 Å². The summed E-state index contributed by atoms with van der Waals surface area (Å²) >= 11 is 6.01. The lowest BCUT2D eigenvalue weighted by molar-refractivity contribution is -0.00834. The third-order valence-corrected chi connectivity index (χ3v) is 3.40. The maximum absolute atomic E-state index is 13.7. The number of nitrogens with two attached hydrogens (primary N) is 1. The van der Waals surface area contributed by atoms with E-state index < -0.39 is 0 Å². The van der Waals surface area contributed by atoms with Crippen molar-refractivity contribution < 1.29 is 9.13 Å². The van der Waals surface area contributed by atoms with Crippen LogP contribution in [0.25, 0.3) is 0 Å². The van der Waals surface area contributed by atoms with Crippen molar-refractivity contribution in [2.24, 2.45) is 5.73 Å². The van der Waals surface area contributed by atoms with E-state index in [4.69, 9.17) is 22.1 Å². The number of rotatable bonds is 3. The molecule has 0 bridgehead atoms. The molecule has 17 heavy (non-hydrogen) atoms. The van der Waals surface area contributed by atoms with Crippen LogP contribution in [0.1, 0.15) is 5.56 Å². The summed E-state index contributed by atoms with van der Waals surface area (Å²) in [4.78, 5) is 2.12. The van der Waals surface area contributed by atoms with Crippen LogP contribution in [0, 0.1) is 5.82 Å². The summed E-state index contributed by atoms with van der Waals surface area (Å²) in [5, 5.41) is 0.465. The quantitative estimate of drug-likeness (QED) is 0.896. The number of benzene rings is 1. The Morgan fingerprint density at radius 1 is 1.53 bits per heavy atom. The zero-order chi connectivity index (χ0) is 12.3. The molecule has 0 spiro atoms. The number of halogens is 2. The lowest BCUT2D eigenvalue weighted by atomic mass is 10.1. The second kappa shape index (κ2) is 5.78. The Balaban J connectivity index is 2.13. The standard InChI is InChI=1S/C12H16ClFN2O/c13-11-2-1-3-12(14)10(11)7-16-4-5-17-8-9(16)6-15/h1-3,9H,4-8,15H2. The van der Waals surface area contributed by atoms with E-state index in [0.29, 0.717) is 36.9 Å². The van der Waals surface area contributed by atoms with Crippen molar-refractivity contribution in [1.29, 1.82) is 0 Å². The summed E-state index contributed by atoms with van der Waals surface area (Å²) in [6, 6.07) is 4.89. The molecule has 1 fully saturated rings. The van der Waals surface area contributed by atoms with E-state index in [1.165, 1.54) is 6.07 Å². The Hall–Kier alpha value is -0.680. The molecule has 2 N–H and O–H groups in total. The van der Waals surface area contributed by atoms with Gasteiger partial charge in [-0.3, -0.25) is 4.90 Å². The summed E-state index contributed by atoms with van der Waals surface area (Å²) < 4.78 is 19.0. The zero-order valence-corrected chi connectivity index (χ0v) is 10.3. The fraction of sp³-hybridized carbons (Fsp3) is 0.500. The summed E-state index contributed by atoms with van der Waals surface area (Å²) in [6.45, 7) is 3.00. The predicted molar refractivity (Wildman–Crippen MR) is 65.5 cm³/mol. The molecule has 1 aliphatic heterocycles. The second-order valence-electron chi connectivity index (χ2n) is 4.14. The van der Waals surface area contributed by atoms with E-state index in [0.717, 1.165) is 6.54 Å². The molecule has 2 rings (SSSR count). The van der Waals surface area contributed by atoms with Crippen LogP contribution in [0.3, 0.4) is 0 Å². The molecule has 0 aliphatic carbocycles. The average molecular weight is 259 g/mol. The van der Waals surface area contributed by atoms with E-state index in [1.54, 1.807) is 12.1 Å². The molecule has 0 amide bonds. The first-order valence-corrected chi connectivity index (χ1v) is 6.05. The van der Waals surface area contributed by atoms with Crippen molar-refractivity contribution in [3.8, 4) is 0 Å². The Labute approximate surface area is 105 Å². The van der Waals surface area contributed by atoms with Gasteiger partial charge in [-0.15, -0.1) is 0 Å². The van der Waals surface area contributed by atoms with Crippen LogP contribution in [0.2, 0.25) is 5.02 Å². The molecule has 1 saturated heterocycles. The number of morpholine rings is 1. The molecule has 0 radical (unpaired) electrons. The maximum Gasteiger partial charge on any atom is 0.129 e. The Morgan fingerprint density at radius 3 is 3.06 bits per heavy atom. The van der Waals surface area contributed by atoms with Gasteiger partial charge >= 0.3 is 0 Å². The average Bonchev–Trinajstić information content (AvgIpc) is 2.34. The van der Waals surface area contributed by atoms with E-state index in [1.807, 2.05) is 0 Å². The van der Waals surface area contributed by atoms with Crippen molar-refractivity contribution in [3.05, 3.63) is 34.6 Å². The number of hydrogen-bond donors (Lipinski definition) is 1. The van der Waals surface area contributed by atoms with Gasteiger partial charge in [0.05, 0.1) is 13.2 Å². The molecule has 94 valence electrons. The smallest absolute Gasteiger partial charge is 0.129 e. The minimum Gasteiger partial charge on any atom is -0.378 e. The predicted octanol–water partition coefficient (Wildman–Crippen LogP) is 1.64. The topological polar surface area (TPSA) is 38.5 Å². The van der Waals surface area contributed by atoms with Crippen LogP contribution >= 0.6 is 11.6 Å². The van der Waals surface area contributed by atoms with Crippen molar-refractivity contribution in [3.63, 3.8) is 0 Å². The highest BCUT2D eigenvalue weighted by Gasteiger charge is 2.23. The minimum absolute atomic E-state index is 0.138. The van der Waals surface area contributed by atoms with Crippen LogP contribution in [-0.4, -0.2) is 37.2 Å². The summed E-state index contributed by atoms with van der Waals surface area (Å²) in [7, 11) is 0. The molecule has 1 aliphatic rings. The number of ether oxygens (including phenoxy) is 1. The highest BCUT2D eigenvalue weighted by Crippen LogP contribution is 2.22. The monoisotopic (exact) mass is 258 g/mol. The molecule has 5 heteroatoms. The van der Waals surface area contributed by atoms with Gasteiger partial charge < -0.3 is 10.5 Å². The van der Waals surface area contributed by atoms with Crippen LogP contribution in [0.4, 0.5) is 4.39 Å². The van der Waals surface area contributed by atoms with E-state index >= 15 is 0 Å².